The lowest BCUT2D eigenvalue weighted by Crippen LogP contribution is -2.09. The summed E-state index contributed by atoms with van der Waals surface area (Å²) in [6.07, 6.45) is 3.21. The van der Waals surface area contributed by atoms with Gasteiger partial charge < -0.3 is 10.1 Å². The molecule has 0 spiro atoms. The summed E-state index contributed by atoms with van der Waals surface area (Å²) < 4.78 is 7.20. The molecule has 3 rings (SSSR count). The van der Waals surface area contributed by atoms with E-state index in [2.05, 4.69) is 20.3 Å². The smallest absolute Gasteiger partial charge is 0.205 e. The first-order chi connectivity index (χ1) is 10.8. The summed E-state index contributed by atoms with van der Waals surface area (Å²) in [4.78, 5) is 12.8. The van der Waals surface area contributed by atoms with Crippen molar-refractivity contribution >= 4 is 28.7 Å². The highest BCUT2D eigenvalue weighted by Crippen LogP contribution is 2.19. The molecule has 114 valence electrons. The van der Waals surface area contributed by atoms with Gasteiger partial charge in [0.1, 0.15) is 17.6 Å². The normalized spacial score (nSPS) is 10.8. The van der Waals surface area contributed by atoms with Gasteiger partial charge in [-0.15, -0.1) is 11.6 Å². The molecule has 0 aliphatic rings. The number of hydrogen-bond acceptors (Lipinski definition) is 5. The number of alkyl halides is 1. The molecule has 0 aliphatic carbocycles. The fourth-order valence-electron chi connectivity index (χ4n) is 2.27. The van der Waals surface area contributed by atoms with Crippen molar-refractivity contribution in [3.63, 3.8) is 0 Å². The first-order valence-corrected chi connectivity index (χ1v) is 7.44. The van der Waals surface area contributed by atoms with Crippen LogP contribution >= 0.6 is 11.6 Å². The Bertz CT molecular complexity index is 773. The Morgan fingerprint density at radius 2 is 2.27 bits per heavy atom. The van der Waals surface area contributed by atoms with Crippen LogP contribution in [0.5, 0.6) is 5.75 Å². The first kappa shape index (κ1) is 14.6. The average molecular weight is 318 g/mol. The van der Waals surface area contributed by atoms with Crippen molar-refractivity contribution in [2.75, 3.05) is 18.3 Å². The zero-order chi connectivity index (χ0) is 15.4. The zero-order valence-corrected chi connectivity index (χ0v) is 12.9. The molecule has 2 heterocycles. The van der Waals surface area contributed by atoms with Crippen LogP contribution in [0.3, 0.4) is 0 Å². The quantitative estimate of drug-likeness (QED) is 0.708. The van der Waals surface area contributed by atoms with Gasteiger partial charge in [0.15, 0.2) is 5.65 Å². The van der Waals surface area contributed by atoms with Gasteiger partial charge in [-0.05, 0) is 17.7 Å². The maximum absolute atomic E-state index is 5.89. The lowest BCUT2D eigenvalue weighted by molar-refractivity contribution is 0.414. The minimum absolute atomic E-state index is 0.489. The maximum atomic E-state index is 5.89. The van der Waals surface area contributed by atoms with Gasteiger partial charge in [-0.25, -0.2) is 15.0 Å². The van der Waals surface area contributed by atoms with E-state index in [1.54, 1.807) is 13.3 Å². The number of methoxy groups -OCH3 is 1. The second kappa shape index (κ2) is 6.62. The predicted molar refractivity (Wildman–Crippen MR) is 86.4 cm³/mol. The van der Waals surface area contributed by atoms with Crippen molar-refractivity contribution in [3.05, 3.63) is 42.4 Å². The van der Waals surface area contributed by atoms with Gasteiger partial charge in [0.05, 0.1) is 13.3 Å². The number of rotatable bonds is 6. The molecular formula is C15H16ClN5O. The van der Waals surface area contributed by atoms with Gasteiger partial charge in [-0.2, -0.15) is 0 Å². The van der Waals surface area contributed by atoms with E-state index >= 15 is 0 Å². The minimum Gasteiger partial charge on any atom is -0.497 e. The Balaban J connectivity index is 1.85. The minimum atomic E-state index is 0.489. The number of halogens is 1. The number of anilines is 1. The third-order valence-electron chi connectivity index (χ3n) is 3.30. The van der Waals surface area contributed by atoms with E-state index in [1.807, 2.05) is 28.8 Å². The molecule has 0 bridgehead atoms. The van der Waals surface area contributed by atoms with Crippen LogP contribution in [0.4, 0.5) is 5.95 Å². The number of hydrogen-bond donors (Lipinski definition) is 1. The third-order valence-corrected chi connectivity index (χ3v) is 3.47. The van der Waals surface area contributed by atoms with Crippen LogP contribution in [0, 0.1) is 0 Å². The van der Waals surface area contributed by atoms with Crippen molar-refractivity contribution in [2.45, 2.75) is 13.1 Å². The molecule has 0 saturated heterocycles. The van der Waals surface area contributed by atoms with Gasteiger partial charge in [-0.1, -0.05) is 12.1 Å². The molecule has 1 aromatic carbocycles. The van der Waals surface area contributed by atoms with E-state index in [4.69, 9.17) is 16.3 Å². The van der Waals surface area contributed by atoms with Crippen LogP contribution in [-0.4, -0.2) is 32.5 Å². The molecule has 0 aliphatic heterocycles. The number of imidazole rings is 1. The monoisotopic (exact) mass is 317 g/mol. The molecule has 0 radical (unpaired) electrons. The van der Waals surface area contributed by atoms with E-state index in [0.29, 0.717) is 19.0 Å². The van der Waals surface area contributed by atoms with E-state index in [1.165, 1.54) is 6.33 Å². The molecule has 0 fully saturated rings. The summed E-state index contributed by atoms with van der Waals surface area (Å²) >= 11 is 5.89. The topological polar surface area (TPSA) is 64.9 Å². The summed E-state index contributed by atoms with van der Waals surface area (Å²) in [5, 5.41) is 3.32. The largest absolute Gasteiger partial charge is 0.497 e. The third kappa shape index (κ3) is 2.96. The number of benzene rings is 1. The number of aromatic nitrogens is 4. The number of nitrogens with one attached hydrogen (secondary N) is 1. The highest BCUT2D eigenvalue weighted by atomic mass is 35.5. The molecular weight excluding hydrogens is 302 g/mol. The molecule has 1 N–H and O–H groups in total. The van der Waals surface area contributed by atoms with Crippen molar-refractivity contribution in [2.24, 2.45) is 0 Å². The second-order valence-corrected chi connectivity index (χ2v) is 5.09. The van der Waals surface area contributed by atoms with Crippen LogP contribution in [0.25, 0.3) is 11.2 Å². The van der Waals surface area contributed by atoms with E-state index in [0.717, 1.165) is 28.4 Å². The van der Waals surface area contributed by atoms with Crippen LogP contribution in [0.1, 0.15) is 5.56 Å². The van der Waals surface area contributed by atoms with Gasteiger partial charge in [-0.3, -0.25) is 4.57 Å². The zero-order valence-electron chi connectivity index (χ0n) is 12.2. The lowest BCUT2D eigenvalue weighted by Gasteiger charge is -2.09. The first-order valence-electron chi connectivity index (χ1n) is 6.91. The Morgan fingerprint density at radius 3 is 3.09 bits per heavy atom. The van der Waals surface area contributed by atoms with E-state index < -0.39 is 0 Å². The standard InChI is InChI=1S/C15H16ClN5O/c1-22-12-4-2-3-11(7-12)8-18-15-20-13-9-17-10-19-14(13)21(15)6-5-16/h2-4,7,9-10H,5-6,8H2,1H3,(H,18,20). The average Bonchev–Trinajstić information content (AvgIpc) is 2.91. The molecule has 6 nitrogen and oxygen atoms in total. The SMILES string of the molecule is COc1cccc(CNc2nc3cncnc3n2CCCl)c1. The molecule has 22 heavy (non-hydrogen) atoms. The van der Waals surface area contributed by atoms with Crippen LogP contribution in [-0.2, 0) is 13.1 Å². The van der Waals surface area contributed by atoms with E-state index in [-0.39, 0.29) is 0 Å². The Labute approximate surface area is 133 Å². The summed E-state index contributed by atoms with van der Waals surface area (Å²) in [5.74, 6) is 2.06. The van der Waals surface area contributed by atoms with Crippen LogP contribution in [0.15, 0.2) is 36.8 Å². The van der Waals surface area contributed by atoms with Gasteiger partial charge >= 0.3 is 0 Å². The van der Waals surface area contributed by atoms with Crippen LogP contribution < -0.4 is 10.1 Å². The molecule has 2 aromatic heterocycles. The van der Waals surface area contributed by atoms with Gasteiger partial charge in [0.25, 0.3) is 0 Å². The maximum Gasteiger partial charge on any atom is 0.205 e. The lowest BCUT2D eigenvalue weighted by atomic mass is 10.2. The summed E-state index contributed by atoms with van der Waals surface area (Å²) in [6.45, 7) is 1.27. The fraction of sp³-hybridized carbons (Fsp3) is 0.267. The molecule has 0 atom stereocenters. The van der Waals surface area contributed by atoms with Crippen molar-refractivity contribution in [1.82, 2.24) is 19.5 Å². The molecule has 0 saturated carbocycles. The Hall–Kier alpha value is -2.34. The molecule has 3 aromatic rings. The van der Waals surface area contributed by atoms with Crippen LogP contribution in [0.2, 0.25) is 0 Å². The number of ether oxygens (including phenoxy) is 1. The molecule has 0 amide bonds. The second-order valence-electron chi connectivity index (χ2n) is 4.71. The highest BCUT2D eigenvalue weighted by Gasteiger charge is 2.11. The number of nitrogens with zero attached hydrogens (tertiary/aromatic N) is 4. The molecule has 7 heteroatoms. The van der Waals surface area contributed by atoms with Gasteiger partial charge in [0.2, 0.25) is 5.95 Å². The van der Waals surface area contributed by atoms with Crippen molar-refractivity contribution < 1.29 is 4.74 Å². The summed E-state index contributed by atoms with van der Waals surface area (Å²) in [5.41, 5.74) is 2.64. The van der Waals surface area contributed by atoms with Crippen molar-refractivity contribution in [3.8, 4) is 5.75 Å². The number of fused-ring (bicyclic) bond motifs is 1. The predicted octanol–water partition coefficient (Wildman–Crippen LogP) is 2.69. The fourth-order valence-corrected chi connectivity index (χ4v) is 2.44. The highest BCUT2D eigenvalue weighted by molar-refractivity contribution is 6.17. The summed E-state index contributed by atoms with van der Waals surface area (Å²) in [6, 6.07) is 7.90. The Morgan fingerprint density at radius 1 is 1.36 bits per heavy atom. The molecule has 0 unspecified atom stereocenters. The van der Waals surface area contributed by atoms with E-state index in [9.17, 15) is 0 Å². The Kier molecular flexibility index (Phi) is 4.39. The summed E-state index contributed by atoms with van der Waals surface area (Å²) in [7, 11) is 1.66. The van der Waals surface area contributed by atoms with Gasteiger partial charge in [0, 0.05) is 19.0 Å². The van der Waals surface area contributed by atoms with Crippen molar-refractivity contribution in [1.29, 1.82) is 0 Å². The number of aryl methyl sites for hydroxylation is 1.